The summed E-state index contributed by atoms with van der Waals surface area (Å²) in [6.45, 7) is 0. The van der Waals surface area contributed by atoms with Crippen LogP contribution in [0, 0.1) is 0 Å². The maximum atomic E-state index is 0. The van der Waals surface area contributed by atoms with E-state index >= 15 is 0 Å². The van der Waals surface area contributed by atoms with Crippen LogP contribution in [0.15, 0.2) is 0 Å². The van der Waals surface area contributed by atoms with Crippen molar-refractivity contribution < 1.29 is 0 Å². The second kappa shape index (κ2) is 69.7. The van der Waals surface area contributed by atoms with Crippen molar-refractivity contribution in [3.8, 4) is 0 Å². The topological polar surface area (TPSA) is 0 Å². The minimum atomic E-state index is 0. The quantitative estimate of drug-likeness (QED) is 0.562. The standard InChI is InChI=1S/3BrH.3ClH.H3P/h6*1H;1H3. The molecule has 0 aromatic carbocycles. The zero-order valence-electron chi connectivity index (χ0n) is 3.16. The van der Waals surface area contributed by atoms with Gasteiger partial charge in [0.15, 0.2) is 0 Å². The van der Waals surface area contributed by atoms with Crippen LogP contribution in [0.25, 0.3) is 0 Å². The van der Waals surface area contributed by atoms with Crippen LogP contribution in [0.4, 0.5) is 0 Å². The minimum Gasteiger partial charge on any atom is -0.153 e. The van der Waals surface area contributed by atoms with Crippen LogP contribution >= 0.6 is 98.1 Å². The van der Waals surface area contributed by atoms with Gasteiger partial charge in [-0.1, -0.05) is 0 Å². The molecule has 0 rings (SSSR count). The van der Waals surface area contributed by atoms with Crippen molar-refractivity contribution in [1.29, 1.82) is 0 Å². The van der Waals surface area contributed by atoms with Gasteiger partial charge in [-0.25, -0.2) is 0 Å². The summed E-state index contributed by atoms with van der Waals surface area (Å²) in [5, 5.41) is 0. The smallest absolute Gasteiger partial charge is 0.114 e. The highest BCUT2D eigenvalue weighted by molar-refractivity contribution is 8.93. The summed E-state index contributed by atoms with van der Waals surface area (Å²) in [5.74, 6) is 0. The molecule has 1 atom stereocenters. The molecule has 56 valence electrons. The predicted octanol–water partition coefficient (Wildman–Crippen LogP) is 3.06. The molecule has 0 N–H and O–H groups in total. The molecule has 1 unspecified atom stereocenters. The van der Waals surface area contributed by atoms with Crippen molar-refractivity contribution in [1.82, 2.24) is 0 Å². The lowest BCUT2D eigenvalue weighted by atomic mass is 31.0. The number of halogens is 6. The third-order valence-electron chi connectivity index (χ3n) is 0. The summed E-state index contributed by atoms with van der Waals surface area (Å²) >= 11 is 0. The van der Waals surface area contributed by atoms with Gasteiger partial charge in [-0.15, -0.1) is 88.2 Å². The fourth-order valence-corrected chi connectivity index (χ4v) is 0. The molecule has 0 radical (unpaired) electrons. The van der Waals surface area contributed by atoms with Crippen LogP contribution in [0.1, 0.15) is 0 Å². The van der Waals surface area contributed by atoms with E-state index in [1.807, 2.05) is 0 Å². The highest BCUT2D eigenvalue weighted by Crippen LogP contribution is 0.861. The fraction of sp³-hybridized carbons (Fsp3) is 0. The highest BCUT2D eigenvalue weighted by atomic mass is 79.9. The summed E-state index contributed by atoms with van der Waals surface area (Å²) in [6, 6.07) is 0. The van der Waals surface area contributed by atoms with E-state index in [0.717, 1.165) is 0 Å². The number of rotatable bonds is 0. The average molecular weight is 386 g/mol. The first-order chi connectivity index (χ1) is 0. The van der Waals surface area contributed by atoms with E-state index < -0.39 is 0 Å². The molecule has 0 spiro atoms. The van der Waals surface area contributed by atoms with Gasteiger partial charge in [-0.3, -0.25) is 0 Å². The van der Waals surface area contributed by atoms with E-state index in [-0.39, 0.29) is 98.1 Å². The molecule has 0 amide bonds. The Morgan fingerprint density at radius 2 is 0.429 bits per heavy atom. The molecule has 7 heavy (non-hydrogen) atoms. The maximum Gasteiger partial charge on any atom is -0.114 e. The van der Waals surface area contributed by atoms with E-state index in [9.17, 15) is 0 Å². The van der Waals surface area contributed by atoms with Crippen LogP contribution in [0.2, 0.25) is 0 Å². The van der Waals surface area contributed by atoms with E-state index in [2.05, 4.69) is 0 Å². The van der Waals surface area contributed by atoms with Crippen LogP contribution < -0.4 is 0 Å². The lowest BCUT2D eigenvalue weighted by Gasteiger charge is -0.154. The lowest BCUT2D eigenvalue weighted by molar-refractivity contribution is 5.85. The molecule has 7 heteroatoms. The van der Waals surface area contributed by atoms with Gasteiger partial charge in [0.1, 0.15) is 0 Å². The molecule has 0 aliphatic rings. The third-order valence-corrected chi connectivity index (χ3v) is 0. The van der Waals surface area contributed by atoms with Gasteiger partial charge >= 0.3 is 0 Å². The van der Waals surface area contributed by atoms with Crippen LogP contribution in [0.5, 0.6) is 0 Å². The van der Waals surface area contributed by atoms with E-state index in [1.54, 1.807) is 0 Å². The Morgan fingerprint density at radius 1 is 0.429 bits per heavy atom. The van der Waals surface area contributed by atoms with Crippen molar-refractivity contribution in [3.05, 3.63) is 0 Å². The third kappa shape index (κ3) is 52.9. The highest BCUT2D eigenvalue weighted by Gasteiger charge is -0.111. The molecule has 0 saturated heterocycles. The van der Waals surface area contributed by atoms with E-state index in [0.29, 0.717) is 0 Å². The Hall–Kier alpha value is 2.74. The van der Waals surface area contributed by atoms with E-state index in [1.165, 1.54) is 0 Å². The Kier molecular flexibility index (Phi) is 987. The molecule has 0 aliphatic carbocycles. The molecule has 0 aromatic rings. The van der Waals surface area contributed by atoms with E-state index in [4.69, 9.17) is 0 Å². The Morgan fingerprint density at radius 3 is 0.429 bits per heavy atom. The molecular weight excluding hydrogens is 377 g/mol. The zero-order chi connectivity index (χ0) is 0. The second-order valence-electron chi connectivity index (χ2n) is 0. The van der Waals surface area contributed by atoms with Gasteiger partial charge in [0.05, 0.1) is 0 Å². The molecule has 0 aromatic heterocycles. The first kappa shape index (κ1) is 99.1. The Labute approximate surface area is 97.1 Å². The lowest BCUT2D eigenvalue weighted by Crippen LogP contribution is 0.688. The number of hydrogen-bond donors (Lipinski definition) is 0. The zero-order valence-corrected chi connectivity index (χ0v) is 12.2. The van der Waals surface area contributed by atoms with Gasteiger partial charge < -0.3 is 0 Å². The van der Waals surface area contributed by atoms with Crippen LogP contribution in [-0.4, -0.2) is 0 Å². The van der Waals surface area contributed by atoms with Gasteiger partial charge in [0.25, 0.3) is 0 Å². The average Bonchev–Trinajstić information content (AvgIpc) is 0. The maximum absolute atomic E-state index is 0. The van der Waals surface area contributed by atoms with Gasteiger partial charge in [-0.05, 0) is 0 Å². The number of hydrogen-bond acceptors (Lipinski definition) is 0. The summed E-state index contributed by atoms with van der Waals surface area (Å²) in [6.07, 6.45) is 0. The van der Waals surface area contributed by atoms with Crippen LogP contribution in [0.3, 0.4) is 0 Å². The molecule has 0 heterocycles. The van der Waals surface area contributed by atoms with Gasteiger partial charge in [0.2, 0.25) is 0 Å². The first-order valence-corrected chi connectivity index (χ1v) is 0. The molecule has 0 saturated carbocycles. The molecule has 0 fully saturated rings. The van der Waals surface area contributed by atoms with Crippen molar-refractivity contribution in [2.24, 2.45) is 0 Å². The SMILES string of the molecule is Br.Br.Br.Cl.Cl.Cl.P. The molecule has 0 aliphatic heterocycles. The summed E-state index contributed by atoms with van der Waals surface area (Å²) < 4.78 is 0. The normalized spacial score (nSPS) is 0. The summed E-state index contributed by atoms with van der Waals surface area (Å²) in [4.78, 5) is 0. The van der Waals surface area contributed by atoms with Gasteiger partial charge in [-0.2, -0.15) is 9.90 Å². The molecular formula is H9Br3Cl3P. The predicted molar refractivity (Wildman–Crippen MR) is 63.8 cm³/mol. The largest absolute Gasteiger partial charge is 0.153 e. The Bertz CT molecular complexity index is 10.1. The van der Waals surface area contributed by atoms with Crippen molar-refractivity contribution in [2.75, 3.05) is 0 Å². The van der Waals surface area contributed by atoms with Crippen molar-refractivity contribution in [2.45, 2.75) is 0 Å². The molecule has 0 nitrogen and oxygen atoms in total. The second-order valence-corrected chi connectivity index (χ2v) is 0. The monoisotopic (exact) mass is 382 g/mol. The Balaban J connectivity index is 0. The van der Waals surface area contributed by atoms with Crippen LogP contribution in [-0.2, 0) is 0 Å². The van der Waals surface area contributed by atoms with Gasteiger partial charge in [0, 0.05) is 0 Å². The van der Waals surface area contributed by atoms with Crippen molar-refractivity contribution >= 4 is 98.1 Å². The fourth-order valence-electron chi connectivity index (χ4n) is 0. The summed E-state index contributed by atoms with van der Waals surface area (Å²) in [7, 11) is 0. The minimum absolute atomic E-state index is 0. The summed E-state index contributed by atoms with van der Waals surface area (Å²) in [5.41, 5.74) is 0. The molecule has 0 bridgehead atoms. The first-order valence-electron chi connectivity index (χ1n) is 0. The van der Waals surface area contributed by atoms with Crippen molar-refractivity contribution in [3.63, 3.8) is 0 Å².